The molecule has 0 bridgehead atoms. The smallest absolute Gasteiger partial charge is 0.326 e. The third-order valence-corrected chi connectivity index (χ3v) is 5.65. The second-order valence-corrected chi connectivity index (χ2v) is 8.28. The van der Waals surface area contributed by atoms with E-state index in [1.165, 1.54) is 12.1 Å². The van der Waals surface area contributed by atoms with Gasteiger partial charge in [-0.2, -0.15) is 0 Å². The van der Waals surface area contributed by atoms with E-state index in [2.05, 4.69) is 15.3 Å². The maximum atomic E-state index is 12.5. The number of rotatable bonds is 9. The monoisotopic (exact) mass is 489 g/mol. The fourth-order valence-corrected chi connectivity index (χ4v) is 3.85. The summed E-state index contributed by atoms with van der Waals surface area (Å²) in [4.78, 5) is 54.0. The number of amides is 1. The average Bonchev–Trinajstić information content (AvgIpc) is 2.84. The molecule has 184 valence electrons. The lowest BCUT2D eigenvalue weighted by atomic mass is 10.0. The predicted octanol–water partition coefficient (Wildman–Crippen LogP) is 3.01. The summed E-state index contributed by atoms with van der Waals surface area (Å²) in [6, 6.07) is 14.2. The molecule has 0 spiro atoms. The van der Waals surface area contributed by atoms with Crippen molar-refractivity contribution < 1.29 is 29.3 Å². The van der Waals surface area contributed by atoms with Gasteiger partial charge in [0.25, 0.3) is 11.5 Å². The predicted molar refractivity (Wildman–Crippen MR) is 131 cm³/mol. The number of ether oxygens (including phenoxy) is 1. The molecule has 4 rings (SSSR count). The van der Waals surface area contributed by atoms with Gasteiger partial charge in [-0.15, -0.1) is 0 Å². The molecule has 3 aromatic carbocycles. The fraction of sp³-hybridized carbons (Fsp3) is 0.192. The summed E-state index contributed by atoms with van der Waals surface area (Å²) in [6.07, 6.45) is -0.598. The van der Waals surface area contributed by atoms with Crippen molar-refractivity contribution in [1.29, 1.82) is 0 Å². The first-order valence-corrected chi connectivity index (χ1v) is 11.1. The van der Waals surface area contributed by atoms with Crippen molar-refractivity contribution in [2.24, 2.45) is 0 Å². The molecule has 0 saturated carbocycles. The summed E-state index contributed by atoms with van der Waals surface area (Å²) in [5, 5.41) is 22.5. The molecular formula is C26H23N3O7. The van der Waals surface area contributed by atoms with Crippen LogP contribution >= 0.6 is 0 Å². The number of aryl methyl sites for hydroxylation is 1. The van der Waals surface area contributed by atoms with E-state index in [4.69, 9.17) is 9.84 Å². The lowest BCUT2D eigenvalue weighted by molar-refractivity contribution is -0.140. The number of aromatic amines is 1. The molecule has 4 N–H and O–H groups in total. The number of carbonyl (C=O) groups is 3. The molecule has 0 aliphatic carbocycles. The van der Waals surface area contributed by atoms with Crippen molar-refractivity contribution in [3.8, 4) is 5.75 Å². The van der Waals surface area contributed by atoms with Gasteiger partial charge in [-0.3, -0.25) is 14.4 Å². The Bertz CT molecular complexity index is 1530. The third kappa shape index (κ3) is 5.49. The molecule has 0 aliphatic heterocycles. The molecule has 0 aliphatic rings. The molecule has 1 aromatic heterocycles. The van der Waals surface area contributed by atoms with E-state index in [0.29, 0.717) is 22.5 Å². The number of nitrogens with one attached hydrogen (secondary N) is 2. The van der Waals surface area contributed by atoms with Crippen molar-refractivity contribution >= 4 is 39.5 Å². The van der Waals surface area contributed by atoms with Crippen molar-refractivity contribution in [1.82, 2.24) is 15.3 Å². The van der Waals surface area contributed by atoms with E-state index in [-0.39, 0.29) is 30.6 Å². The SMILES string of the molecule is Cc1nc2ccc3ccc(COc4ccc(C(=O)N[C@@H](CCC(=O)O)C(=O)O)cc4)cc3c2c(=O)[nH]1. The Balaban J connectivity index is 1.45. The van der Waals surface area contributed by atoms with Crippen molar-refractivity contribution in [3.05, 3.63) is 81.9 Å². The molecule has 10 nitrogen and oxygen atoms in total. The fourth-order valence-electron chi connectivity index (χ4n) is 3.85. The van der Waals surface area contributed by atoms with Gasteiger partial charge >= 0.3 is 11.9 Å². The first kappa shape index (κ1) is 24.4. The van der Waals surface area contributed by atoms with Gasteiger partial charge in [-0.1, -0.05) is 18.2 Å². The van der Waals surface area contributed by atoms with Crippen LogP contribution in [0.1, 0.15) is 34.6 Å². The Morgan fingerprint density at radius 2 is 1.78 bits per heavy atom. The van der Waals surface area contributed by atoms with Gasteiger partial charge in [0.15, 0.2) is 0 Å². The average molecular weight is 489 g/mol. The Kier molecular flexibility index (Phi) is 6.95. The molecule has 1 amide bonds. The van der Waals surface area contributed by atoms with Crippen LogP contribution in [-0.4, -0.2) is 44.1 Å². The highest BCUT2D eigenvalue weighted by molar-refractivity contribution is 6.05. The van der Waals surface area contributed by atoms with Crippen LogP contribution in [0.2, 0.25) is 0 Å². The van der Waals surface area contributed by atoms with Crippen molar-refractivity contribution in [3.63, 3.8) is 0 Å². The Morgan fingerprint density at radius 3 is 2.47 bits per heavy atom. The van der Waals surface area contributed by atoms with Crippen molar-refractivity contribution in [2.45, 2.75) is 32.4 Å². The highest BCUT2D eigenvalue weighted by Gasteiger charge is 2.21. The van der Waals surface area contributed by atoms with Crippen LogP contribution in [0, 0.1) is 6.92 Å². The minimum Gasteiger partial charge on any atom is -0.489 e. The number of fused-ring (bicyclic) bond motifs is 3. The maximum Gasteiger partial charge on any atom is 0.326 e. The van der Waals surface area contributed by atoms with E-state index < -0.39 is 23.9 Å². The Hall–Kier alpha value is -4.73. The lowest BCUT2D eigenvalue weighted by Gasteiger charge is -2.14. The minimum atomic E-state index is -1.31. The number of aromatic nitrogens is 2. The zero-order chi connectivity index (χ0) is 25.8. The summed E-state index contributed by atoms with van der Waals surface area (Å²) in [5.41, 5.74) is 1.45. The van der Waals surface area contributed by atoms with Crippen LogP contribution in [0.25, 0.3) is 21.7 Å². The highest BCUT2D eigenvalue weighted by atomic mass is 16.5. The van der Waals surface area contributed by atoms with Gasteiger partial charge in [0.1, 0.15) is 24.2 Å². The van der Waals surface area contributed by atoms with Gasteiger partial charge in [0, 0.05) is 12.0 Å². The summed E-state index contributed by atoms with van der Waals surface area (Å²) >= 11 is 0. The molecule has 4 aromatic rings. The highest BCUT2D eigenvalue weighted by Crippen LogP contribution is 2.24. The zero-order valence-electron chi connectivity index (χ0n) is 19.3. The van der Waals surface area contributed by atoms with E-state index >= 15 is 0 Å². The number of aliphatic carboxylic acids is 2. The normalized spacial score (nSPS) is 11.8. The number of nitrogens with zero attached hydrogens (tertiary/aromatic N) is 1. The lowest BCUT2D eigenvalue weighted by Crippen LogP contribution is -2.41. The second-order valence-electron chi connectivity index (χ2n) is 8.28. The van der Waals surface area contributed by atoms with Crippen LogP contribution < -0.4 is 15.6 Å². The number of H-pyrrole nitrogens is 1. The zero-order valence-corrected chi connectivity index (χ0v) is 19.3. The van der Waals surface area contributed by atoms with Crippen LogP contribution in [0.3, 0.4) is 0 Å². The van der Waals surface area contributed by atoms with E-state index in [1.807, 2.05) is 30.3 Å². The quantitative estimate of drug-likeness (QED) is 0.261. The van der Waals surface area contributed by atoms with Gasteiger partial charge in [0.2, 0.25) is 0 Å². The number of carboxylic acids is 2. The third-order valence-electron chi connectivity index (χ3n) is 5.65. The Labute approximate surface area is 204 Å². The Morgan fingerprint density at radius 1 is 1.06 bits per heavy atom. The second kappa shape index (κ2) is 10.3. The molecule has 1 heterocycles. The number of hydrogen-bond donors (Lipinski definition) is 4. The molecule has 10 heteroatoms. The van der Waals surface area contributed by atoms with Gasteiger partial charge in [0.05, 0.1) is 10.9 Å². The van der Waals surface area contributed by atoms with Crippen molar-refractivity contribution in [2.75, 3.05) is 0 Å². The van der Waals surface area contributed by atoms with Gasteiger partial charge in [-0.25, -0.2) is 9.78 Å². The molecule has 36 heavy (non-hydrogen) atoms. The largest absolute Gasteiger partial charge is 0.489 e. The first-order valence-electron chi connectivity index (χ1n) is 11.1. The van der Waals surface area contributed by atoms with Gasteiger partial charge < -0.3 is 25.3 Å². The molecule has 0 fully saturated rings. The minimum absolute atomic E-state index is 0.205. The standard InChI is InChI=1S/C26H23N3O7/c1-14-27-20-9-6-16-3-2-15(12-19(16)23(20)25(33)28-14)13-36-18-7-4-17(5-8-18)24(32)29-21(26(34)35)10-11-22(30)31/h2-9,12,21H,10-11,13H2,1H3,(H,29,32)(H,30,31)(H,34,35)(H,27,28,33)/t21-/m0/s1. The topological polar surface area (TPSA) is 159 Å². The summed E-state index contributed by atoms with van der Waals surface area (Å²) in [7, 11) is 0. The summed E-state index contributed by atoms with van der Waals surface area (Å²) in [5.74, 6) is -2.05. The van der Waals surface area contributed by atoms with Crippen LogP contribution in [-0.2, 0) is 16.2 Å². The van der Waals surface area contributed by atoms with Crippen LogP contribution in [0.15, 0.2) is 59.4 Å². The first-order chi connectivity index (χ1) is 17.2. The van der Waals surface area contributed by atoms with Gasteiger partial charge in [-0.05, 0) is 66.1 Å². The summed E-state index contributed by atoms with van der Waals surface area (Å²) in [6.45, 7) is 1.94. The molecular weight excluding hydrogens is 466 g/mol. The maximum absolute atomic E-state index is 12.5. The molecule has 0 radical (unpaired) electrons. The van der Waals surface area contributed by atoms with Crippen LogP contribution in [0.4, 0.5) is 0 Å². The van der Waals surface area contributed by atoms with Crippen LogP contribution in [0.5, 0.6) is 5.75 Å². The molecule has 1 atom stereocenters. The number of hydrogen-bond acceptors (Lipinski definition) is 6. The summed E-state index contributed by atoms with van der Waals surface area (Å²) < 4.78 is 5.83. The number of carboxylic acid groups (broad SMARTS) is 2. The molecule has 0 unspecified atom stereocenters. The number of carbonyl (C=O) groups excluding carboxylic acids is 1. The molecule has 0 saturated heterocycles. The van der Waals surface area contributed by atoms with E-state index in [9.17, 15) is 24.3 Å². The number of benzene rings is 3. The van der Waals surface area contributed by atoms with E-state index in [1.54, 1.807) is 19.1 Å². The van der Waals surface area contributed by atoms with E-state index in [0.717, 1.165) is 16.3 Å².